The minimum Gasteiger partial charge on any atom is -0.339 e. The first-order valence-corrected chi connectivity index (χ1v) is 6.95. The number of halogens is 4. The van der Waals surface area contributed by atoms with Gasteiger partial charge in [-0.3, -0.25) is 0 Å². The smallest absolute Gasteiger partial charge is 0.131 e. The van der Waals surface area contributed by atoms with Crippen LogP contribution in [0.5, 0.6) is 0 Å². The van der Waals surface area contributed by atoms with Gasteiger partial charge >= 0.3 is 0 Å². The van der Waals surface area contributed by atoms with E-state index < -0.39 is 0 Å². The van der Waals surface area contributed by atoms with Crippen LogP contribution < -0.4 is 5.32 Å². The molecule has 1 N–H and O–H groups in total. The predicted octanol–water partition coefficient (Wildman–Crippen LogP) is 5.66. The largest absolute Gasteiger partial charge is 0.339 e. The van der Waals surface area contributed by atoms with Gasteiger partial charge in [0.25, 0.3) is 0 Å². The van der Waals surface area contributed by atoms with Crippen molar-refractivity contribution in [3.63, 3.8) is 0 Å². The number of aromatic nitrogens is 1. The van der Waals surface area contributed by atoms with Gasteiger partial charge in [-0.2, -0.15) is 0 Å². The third-order valence-electron chi connectivity index (χ3n) is 2.01. The molecule has 0 aliphatic carbocycles. The van der Waals surface area contributed by atoms with Gasteiger partial charge in [-0.15, -0.1) is 0 Å². The van der Waals surface area contributed by atoms with E-state index in [0.29, 0.717) is 21.6 Å². The normalized spacial score (nSPS) is 10.4. The second kappa shape index (κ2) is 5.57. The molecule has 0 spiro atoms. The Morgan fingerprint density at radius 2 is 1.76 bits per heavy atom. The van der Waals surface area contributed by atoms with Gasteiger partial charge in [0.2, 0.25) is 0 Å². The van der Waals surface area contributed by atoms with Crippen molar-refractivity contribution < 1.29 is 0 Å². The molecule has 0 aliphatic rings. The quantitative estimate of drug-likeness (QED) is 0.523. The average Bonchev–Trinajstić information content (AvgIpc) is 2.30. The molecule has 6 heteroatoms. The average molecular weight is 397 g/mol. The van der Waals surface area contributed by atoms with E-state index in [2.05, 4.69) is 42.2 Å². The lowest BCUT2D eigenvalue weighted by molar-refractivity contribution is 1.26. The Kier molecular flexibility index (Phi) is 4.31. The number of anilines is 2. The fourth-order valence-electron chi connectivity index (χ4n) is 1.24. The molecule has 1 aromatic carbocycles. The van der Waals surface area contributed by atoms with Crippen molar-refractivity contribution in [1.29, 1.82) is 0 Å². The first kappa shape index (κ1) is 13.1. The monoisotopic (exact) mass is 394 g/mol. The van der Waals surface area contributed by atoms with Crippen molar-refractivity contribution in [2.45, 2.75) is 0 Å². The summed E-state index contributed by atoms with van der Waals surface area (Å²) in [5.41, 5.74) is 0.713. The standard InChI is InChI=1S/C11H6Br2Cl2N2/c12-6-4-5-7(11(15)10(6)14)16-9-3-1-2-8(13)17-9/h1-5H,(H,16,17). The first-order valence-electron chi connectivity index (χ1n) is 4.61. The van der Waals surface area contributed by atoms with Crippen molar-refractivity contribution in [3.05, 3.63) is 49.5 Å². The Hall–Kier alpha value is -0.290. The number of nitrogens with one attached hydrogen (secondary N) is 1. The molecule has 0 amide bonds. The molecular formula is C11H6Br2Cl2N2. The van der Waals surface area contributed by atoms with Gasteiger partial charge in [0.05, 0.1) is 15.7 Å². The zero-order chi connectivity index (χ0) is 12.4. The van der Waals surface area contributed by atoms with Crippen LogP contribution in [0.15, 0.2) is 39.4 Å². The SMILES string of the molecule is Clc1c(Br)ccc(Nc2cccc(Br)n2)c1Cl. The molecule has 0 atom stereocenters. The lowest BCUT2D eigenvalue weighted by atomic mass is 10.3. The summed E-state index contributed by atoms with van der Waals surface area (Å²) in [7, 11) is 0. The highest BCUT2D eigenvalue weighted by Gasteiger charge is 2.08. The van der Waals surface area contributed by atoms with Gasteiger partial charge in [0.15, 0.2) is 0 Å². The Balaban J connectivity index is 2.34. The molecule has 0 aliphatic heterocycles. The molecular weight excluding hydrogens is 391 g/mol. The third kappa shape index (κ3) is 3.13. The summed E-state index contributed by atoms with van der Waals surface area (Å²) in [6.45, 7) is 0. The number of pyridine rings is 1. The highest BCUT2D eigenvalue weighted by atomic mass is 79.9. The van der Waals surface area contributed by atoms with Crippen molar-refractivity contribution in [3.8, 4) is 0 Å². The minimum absolute atomic E-state index is 0.461. The summed E-state index contributed by atoms with van der Waals surface area (Å²) < 4.78 is 1.51. The van der Waals surface area contributed by atoms with Crippen molar-refractivity contribution >= 4 is 66.6 Å². The lowest BCUT2D eigenvalue weighted by Crippen LogP contribution is -1.94. The number of rotatable bonds is 2. The summed E-state index contributed by atoms with van der Waals surface area (Å²) in [4.78, 5) is 4.25. The molecule has 0 unspecified atom stereocenters. The third-order valence-corrected chi connectivity index (χ3v) is 4.23. The Labute approximate surface area is 126 Å². The topological polar surface area (TPSA) is 24.9 Å². The Morgan fingerprint density at radius 1 is 1.00 bits per heavy atom. The highest BCUT2D eigenvalue weighted by Crippen LogP contribution is 2.36. The number of nitrogens with zero attached hydrogens (tertiary/aromatic N) is 1. The summed E-state index contributed by atoms with van der Waals surface area (Å²) in [6.07, 6.45) is 0. The van der Waals surface area contributed by atoms with Gasteiger partial charge in [0.1, 0.15) is 10.4 Å². The number of benzene rings is 1. The zero-order valence-corrected chi connectivity index (χ0v) is 13.0. The summed E-state index contributed by atoms with van der Waals surface area (Å²) >= 11 is 18.8. The molecule has 0 fully saturated rings. The molecule has 88 valence electrons. The molecule has 2 nitrogen and oxygen atoms in total. The van der Waals surface area contributed by atoms with Crippen LogP contribution in [0.4, 0.5) is 11.5 Å². The van der Waals surface area contributed by atoms with E-state index in [1.54, 1.807) is 0 Å². The van der Waals surface area contributed by atoms with E-state index >= 15 is 0 Å². The van der Waals surface area contributed by atoms with E-state index in [9.17, 15) is 0 Å². The van der Waals surface area contributed by atoms with Crippen LogP contribution in [0.1, 0.15) is 0 Å². The summed E-state index contributed by atoms with van der Waals surface area (Å²) in [5.74, 6) is 0.694. The van der Waals surface area contributed by atoms with Gasteiger partial charge in [-0.1, -0.05) is 29.3 Å². The van der Waals surface area contributed by atoms with Crippen molar-refractivity contribution in [1.82, 2.24) is 4.98 Å². The second-order valence-electron chi connectivity index (χ2n) is 3.19. The van der Waals surface area contributed by atoms with E-state index in [1.165, 1.54) is 0 Å². The maximum absolute atomic E-state index is 6.12. The van der Waals surface area contributed by atoms with Crippen LogP contribution in [0.25, 0.3) is 0 Å². The summed E-state index contributed by atoms with van der Waals surface area (Å²) in [5, 5.41) is 4.04. The number of hydrogen-bond donors (Lipinski definition) is 1. The zero-order valence-electron chi connectivity index (χ0n) is 8.35. The fraction of sp³-hybridized carbons (Fsp3) is 0. The molecule has 0 radical (unpaired) electrons. The van der Waals surface area contributed by atoms with Gasteiger partial charge in [0, 0.05) is 4.47 Å². The van der Waals surface area contributed by atoms with Crippen molar-refractivity contribution in [2.75, 3.05) is 5.32 Å². The van der Waals surface area contributed by atoms with Crippen LogP contribution in [-0.2, 0) is 0 Å². The highest BCUT2D eigenvalue weighted by molar-refractivity contribution is 9.10. The van der Waals surface area contributed by atoms with Crippen molar-refractivity contribution in [2.24, 2.45) is 0 Å². The molecule has 0 bridgehead atoms. The molecule has 2 rings (SSSR count). The van der Waals surface area contributed by atoms with Crippen LogP contribution in [-0.4, -0.2) is 4.98 Å². The van der Waals surface area contributed by atoms with E-state index in [0.717, 1.165) is 9.08 Å². The van der Waals surface area contributed by atoms with E-state index in [-0.39, 0.29) is 0 Å². The predicted molar refractivity (Wildman–Crippen MR) is 79.4 cm³/mol. The molecule has 1 aromatic heterocycles. The van der Waals surface area contributed by atoms with Gasteiger partial charge in [-0.25, -0.2) is 4.98 Å². The van der Waals surface area contributed by atoms with Gasteiger partial charge in [-0.05, 0) is 56.1 Å². The Morgan fingerprint density at radius 3 is 2.47 bits per heavy atom. The fourth-order valence-corrected chi connectivity index (χ4v) is 2.40. The van der Waals surface area contributed by atoms with Gasteiger partial charge < -0.3 is 5.32 Å². The van der Waals surface area contributed by atoms with Crippen LogP contribution in [0.3, 0.4) is 0 Å². The van der Waals surface area contributed by atoms with Crippen LogP contribution in [0.2, 0.25) is 10.0 Å². The van der Waals surface area contributed by atoms with E-state index in [1.807, 2.05) is 30.3 Å². The molecule has 1 heterocycles. The van der Waals surface area contributed by atoms with E-state index in [4.69, 9.17) is 23.2 Å². The second-order valence-corrected chi connectivity index (χ2v) is 5.62. The van der Waals surface area contributed by atoms with Crippen LogP contribution in [0, 0.1) is 0 Å². The minimum atomic E-state index is 0.461. The molecule has 0 saturated heterocycles. The molecule has 2 aromatic rings. The first-order chi connectivity index (χ1) is 8.08. The number of hydrogen-bond acceptors (Lipinski definition) is 2. The Bertz CT molecular complexity index is 561. The van der Waals surface area contributed by atoms with Crippen LogP contribution >= 0.6 is 55.1 Å². The maximum atomic E-state index is 6.12. The molecule has 0 saturated carbocycles. The maximum Gasteiger partial charge on any atom is 0.131 e. The lowest BCUT2D eigenvalue weighted by Gasteiger charge is -2.09. The summed E-state index contributed by atoms with van der Waals surface area (Å²) in [6, 6.07) is 9.24. The molecule has 17 heavy (non-hydrogen) atoms.